The minimum absolute atomic E-state index is 0.0254. The van der Waals surface area contributed by atoms with E-state index >= 15 is 0 Å². The number of carbonyl (C=O) groups is 1. The second-order valence-electron chi connectivity index (χ2n) is 4.19. The first-order valence-corrected chi connectivity index (χ1v) is 5.89. The van der Waals surface area contributed by atoms with Crippen LogP contribution in [-0.2, 0) is 11.2 Å². The van der Waals surface area contributed by atoms with Gasteiger partial charge in [0.05, 0.1) is 6.42 Å². The molecule has 3 heteroatoms. The summed E-state index contributed by atoms with van der Waals surface area (Å²) in [4.78, 5) is 11.6. The monoisotopic (exact) mass is 239 g/mol. The fourth-order valence-electron chi connectivity index (χ4n) is 1.48. The Morgan fingerprint density at radius 3 is 2.75 bits per heavy atom. The molecule has 2 nitrogen and oxygen atoms in total. The average molecular weight is 240 g/mol. The van der Waals surface area contributed by atoms with Crippen LogP contribution in [0.15, 0.2) is 18.2 Å². The van der Waals surface area contributed by atoms with Crippen molar-refractivity contribution in [3.8, 4) is 0 Å². The van der Waals surface area contributed by atoms with Gasteiger partial charge >= 0.3 is 0 Å². The molecule has 88 valence electrons. The summed E-state index contributed by atoms with van der Waals surface area (Å²) in [5.41, 5.74) is 3.42. The number of nitrogens with one attached hydrogen (secondary N) is 1. The number of alkyl halides is 1. The third-order valence-electron chi connectivity index (χ3n) is 2.44. The molecule has 0 bridgehead atoms. The molecule has 0 aliphatic rings. The first-order chi connectivity index (χ1) is 7.49. The Bertz CT molecular complexity index is 374. The summed E-state index contributed by atoms with van der Waals surface area (Å²) in [5, 5.41) is 2.78. The zero-order valence-corrected chi connectivity index (χ0v) is 10.8. The molecule has 0 aliphatic carbocycles. The zero-order chi connectivity index (χ0) is 12.1. The normalized spacial score (nSPS) is 12.2. The van der Waals surface area contributed by atoms with Gasteiger partial charge in [0.15, 0.2) is 0 Å². The number of hydrogen-bond acceptors (Lipinski definition) is 1. The van der Waals surface area contributed by atoms with Gasteiger partial charge in [-0.1, -0.05) is 23.8 Å². The van der Waals surface area contributed by atoms with Gasteiger partial charge in [-0.2, -0.15) is 0 Å². The van der Waals surface area contributed by atoms with Crippen molar-refractivity contribution >= 4 is 17.5 Å². The highest BCUT2D eigenvalue weighted by Gasteiger charge is 2.06. The molecule has 0 fully saturated rings. The van der Waals surface area contributed by atoms with Crippen molar-refractivity contribution in [1.29, 1.82) is 0 Å². The van der Waals surface area contributed by atoms with E-state index in [2.05, 4.69) is 17.4 Å². The Kier molecular flexibility index (Phi) is 4.81. The van der Waals surface area contributed by atoms with Crippen molar-refractivity contribution in [3.63, 3.8) is 0 Å². The fourth-order valence-corrected chi connectivity index (χ4v) is 1.56. The highest BCUT2D eigenvalue weighted by molar-refractivity contribution is 6.20. The Morgan fingerprint density at radius 1 is 1.44 bits per heavy atom. The Hall–Kier alpha value is -1.02. The molecule has 0 aromatic heterocycles. The summed E-state index contributed by atoms with van der Waals surface area (Å²) in [6.07, 6.45) is 0.428. The number of carbonyl (C=O) groups excluding carboxylic acids is 1. The van der Waals surface area contributed by atoms with E-state index in [1.807, 2.05) is 26.8 Å². The lowest BCUT2D eigenvalue weighted by Crippen LogP contribution is -2.30. The standard InChI is InChI=1S/C13H18ClNO/c1-9-4-5-10(2)12(6-9)7-13(16)15-8-11(3)14/h4-6,11H,7-8H2,1-3H3,(H,15,16). The van der Waals surface area contributed by atoms with Crippen molar-refractivity contribution in [1.82, 2.24) is 5.32 Å². The molecule has 0 spiro atoms. The number of benzene rings is 1. The predicted molar refractivity (Wildman–Crippen MR) is 67.9 cm³/mol. The quantitative estimate of drug-likeness (QED) is 0.804. The molecule has 0 aliphatic heterocycles. The Balaban J connectivity index is 2.59. The Morgan fingerprint density at radius 2 is 2.12 bits per heavy atom. The van der Waals surface area contributed by atoms with Crippen molar-refractivity contribution < 1.29 is 4.79 Å². The molecule has 1 rings (SSSR count). The SMILES string of the molecule is Cc1ccc(C)c(CC(=O)NCC(C)Cl)c1. The highest BCUT2D eigenvalue weighted by Crippen LogP contribution is 2.11. The molecular weight excluding hydrogens is 222 g/mol. The van der Waals surface area contributed by atoms with E-state index in [1.165, 1.54) is 5.56 Å². The molecule has 1 unspecified atom stereocenters. The van der Waals surface area contributed by atoms with Gasteiger partial charge in [0.1, 0.15) is 0 Å². The van der Waals surface area contributed by atoms with Gasteiger partial charge in [-0.3, -0.25) is 4.79 Å². The average Bonchev–Trinajstić information content (AvgIpc) is 2.20. The first kappa shape index (κ1) is 13.0. The van der Waals surface area contributed by atoms with Crippen molar-refractivity contribution in [2.75, 3.05) is 6.54 Å². The maximum absolute atomic E-state index is 11.6. The van der Waals surface area contributed by atoms with E-state index in [9.17, 15) is 4.79 Å². The largest absolute Gasteiger partial charge is 0.354 e. The summed E-state index contributed by atoms with van der Waals surface area (Å²) in [6, 6.07) is 6.15. The summed E-state index contributed by atoms with van der Waals surface area (Å²) in [6.45, 7) is 6.43. The van der Waals surface area contributed by atoms with Crippen LogP contribution in [0.3, 0.4) is 0 Å². The molecule has 0 saturated heterocycles. The summed E-state index contributed by atoms with van der Waals surface area (Å²) in [5.74, 6) is 0.0289. The van der Waals surface area contributed by atoms with Gasteiger partial charge < -0.3 is 5.32 Å². The summed E-state index contributed by atoms with van der Waals surface area (Å²) >= 11 is 5.77. The van der Waals surface area contributed by atoms with Gasteiger partial charge in [-0.25, -0.2) is 0 Å². The van der Waals surface area contributed by atoms with E-state index in [0.29, 0.717) is 13.0 Å². The number of hydrogen-bond donors (Lipinski definition) is 1. The molecular formula is C13H18ClNO. The molecule has 1 amide bonds. The van der Waals surface area contributed by atoms with Crippen molar-refractivity contribution in [2.24, 2.45) is 0 Å². The molecule has 1 atom stereocenters. The van der Waals surface area contributed by atoms with Gasteiger partial charge in [0, 0.05) is 11.9 Å². The van der Waals surface area contributed by atoms with Crippen LogP contribution in [0, 0.1) is 13.8 Å². The number of halogens is 1. The van der Waals surface area contributed by atoms with Gasteiger partial charge in [-0.05, 0) is 31.9 Å². The van der Waals surface area contributed by atoms with Crippen LogP contribution < -0.4 is 5.32 Å². The van der Waals surface area contributed by atoms with E-state index in [0.717, 1.165) is 11.1 Å². The van der Waals surface area contributed by atoms with Crippen molar-refractivity contribution in [2.45, 2.75) is 32.6 Å². The van der Waals surface area contributed by atoms with Gasteiger partial charge in [-0.15, -0.1) is 11.6 Å². The second-order valence-corrected chi connectivity index (χ2v) is 4.94. The first-order valence-electron chi connectivity index (χ1n) is 5.46. The smallest absolute Gasteiger partial charge is 0.224 e. The molecule has 1 N–H and O–H groups in total. The van der Waals surface area contributed by atoms with Crippen LogP contribution in [0.2, 0.25) is 0 Å². The summed E-state index contributed by atoms with van der Waals surface area (Å²) < 4.78 is 0. The molecule has 1 aromatic carbocycles. The van der Waals surface area contributed by atoms with Crippen LogP contribution in [0.4, 0.5) is 0 Å². The number of amides is 1. The number of rotatable bonds is 4. The second kappa shape index (κ2) is 5.90. The summed E-state index contributed by atoms with van der Waals surface area (Å²) in [7, 11) is 0. The van der Waals surface area contributed by atoms with Crippen LogP contribution in [0.25, 0.3) is 0 Å². The number of aryl methyl sites for hydroxylation is 2. The topological polar surface area (TPSA) is 29.1 Å². The van der Waals surface area contributed by atoms with Crippen LogP contribution in [0.1, 0.15) is 23.6 Å². The molecule has 0 saturated carbocycles. The van der Waals surface area contributed by atoms with E-state index < -0.39 is 0 Å². The minimum atomic E-state index is -0.0254. The van der Waals surface area contributed by atoms with E-state index in [-0.39, 0.29) is 11.3 Å². The fraction of sp³-hybridized carbons (Fsp3) is 0.462. The lowest BCUT2D eigenvalue weighted by atomic mass is 10.0. The highest BCUT2D eigenvalue weighted by atomic mass is 35.5. The molecule has 0 radical (unpaired) electrons. The van der Waals surface area contributed by atoms with Gasteiger partial charge in [0.25, 0.3) is 0 Å². The maximum Gasteiger partial charge on any atom is 0.224 e. The molecule has 16 heavy (non-hydrogen) atoms. The predicted octanol–water partition coefficient (Wildman–Crippen LogP) is 2.59. The van der Waals surface area contributed by atoms with E-state index in [1.54, 1.807) is 0 Å². The Labute approximate surface area is 102 Å². The lowest BCUT2D eigenvalue weighted by Gasteiger charge is -2.09. The molecule has 1 aromatic rings. The van der Waals surface area contributed by atoms with Crippen LogP contribution >= 0.6 is 11.6 Å². The van der Waals surface area contributed by atoms with Crippen LogP contribution in [0.5, 0.6) is 0 Å². The zero-order valence-electron chi connectivity index (χ0n) is 10.0. The third-order valence-corrected chi connectivity index (χ3v) is 2.59. The van der Waals surface area contributed by atoms with Gasteiger partial charge in [0.2, 0.25) is 5.91 Å². The molecule has 0 heterocycles. The maximum atomic E-state index is 11.6. The third kappa shape index (κ3) is 4.23. The lowest BCUT2D eigenvalue weighted by molar-refractivity contribution is -0.120. The van der Waals surface area contributed by atoms with E-state index in [4.69, 9.17) is 11.6 Å². The van der Waals surface area contributed by atoms with Crippen LogP contribution in [-0.4, -0.2) is 17.8 Å². The van der Waals surface area contributed by atoms with Crippen molar-refractivity contribution in [3.05, 3.63) is 34.9 Å². The minimum Gasteiger partial charge on any atom is -0.354 e.